The second kappa shape index (κ2) is 6.66. The van der Waals surface area contributed by atoms with Crippen LogP contribution in [0.15, 0.2) is 47.4 Å². The lowest BCUT2D eigenvalue weighted by Crippen LogP contribution is -2.23. The Labute approximate surface area is 133 Å². The summed E-state index contributed by atoms with van der Waals surface area (Å²) in [6.07, 6.45) is 0. The molecule has 0 saturated carbocycles. The highest BCUT2D eigenvalue weighted by molar-refractivity contribution is 7.89. The summed E-state index contributed by atoms with van der Waals surface area (Å²) >= 11 is 11.8. The minimum Gasteiger partial charge on any atom is -0.497 e. The zero-order valence-corrected chi connectivity index (χ0v) is 13.5. The fourth-order valence-corrected chi connectivity index (χ4v) is 3.16. The molecule has 0 aliphatic heterocycles. The molecule has 0 spiro atoms. The minimum absolute atomic E-state index is 0.0877. The summed E-state index contributed by atoms with van der Waals surface area (Å²) in [5.41, 5.74) is 0.651. The maximum atomic E-state index is 12.2. The smallest absolute Gasteiger partial charge is 0.240 e. The number of halogens is 2. The normalized spacial score (nSPS) is 11.4. The molecule has 2 aromatic rings. The summed E-state index contributed by atoms with van der Waals surface area (Å²) in [5.74, 6) is 0.592. The molecule has 0 amide bonds. The van der Waals surface area contributed by atoms with Gasteiger partial charge in [-0.15, -0.1) is 0 Å². The molecule has 112 valence electrons. The maximum Gasteiger partial charge on any atom is 0.240 e. The number of methoxy groups -OCH3 is 1. The van der Waals surface area contributed by atoms with Crippen LogP contribution in [0.5, 0.6) is 5.75 Å². The lowest BCUT2D eigenvalue weighted by atomic mass is 10.2. The van der Waals surface area contributed by atoms with Crippen LogP contribution in [-0.4, -0.2) is 15.5 Å². The highest BCUT2D eigenvalue weighted by Gasteiger charge is 2.14. The molecule has 2 rings (SSSR count). The number of rotatable bonds is 5. The van der Waals surface area contributed by atoms with E-state index in [-0.39, 0.29) is 11.4 Å². The number of nitrogens with one attached hydrogen (secondary N) is 1. The molecule has 1 N–H and O–H groups in total. The van der Waals surface area contributed by atoms with Gasteiger partial charge in [-0.1, -0.05) is 29.3 Å². The van der Waals surface area contributed by atoms with E-state index in [1.165, 1.54) is 19.2 Å². The largest absolute Gasteiger partial charge is 0.497 e. The molecule has 0 atom stereocenters. The van der Waals surface area contributed by atoms with Crippen molar-refractivity contribution in [2.24, 2.45) is 0 Å². The first kappa shape index (κ1) is 16.1. The molecule has 0 aliphatic rings. The van der Waals surface area contributed by atoms with Gasteiger partial charge >= 0.3 is 0 Å². The molecular weight excluding hydrogens is 333 g/mol. The quantitative estimate of drug-likeness (QED) is 0.902. The zero-order chi connectivity index (χ0) is 15.5. The topological polar surface area (TPSA) is 55.4 Å². The van der Waals surface area contributed by atoms with E-state index in [4.69, 9.17) is 27.9 Å². The summed E-state index contributed by atoms with van der Waals surface area (Å²) in [6, 6.07) is 11.0. The highest BCUT2D eigenvalue weighted by atomic mass is 35.5. The van der Waals surface area contributed by atoms with Crippen molar-refractivity contribution >= 4 is 33.2 Å². The Bertz CT molecular complexity index is 730. The molecule has 7 heteroatoms. The van der Waals surface area contributed by atoms with Crippen molar-refractivity contribution in [3.05, 3.63) is 58.1 Å². The Morgan fingerprint density at radius 2 is 1.76 bits per heavy atom. The Kier molecular flexibility index (Phi) is 5.11. The molecule has 0 aliphatic carbocycles. The Balaban J connectivity index is 2.13. The van der Waals surface area contributed by atoms with Crippen molar-refractivity contribution in [1.29, 1.82) is 0 Å². The van der Waals surface area contributed by atoms with Gasteiger partial charge in [0.05, 0.1) is 12.0 Å². The van der Waals surface area contributed by atoms with Gasteiger partial charge in [-0.2, -0.15) is 0 Å². The fourth-order valence-electron chi connectivity index (χ4n) is 1.68. The molecule has 2 aromatic carbocycles. The molecule has 0 saturated heterocycles. The van der Waals surface area contributed by atoms with Gasteiger partial charge in [0.1, 0.15) is 5.75 Å². The van der Waals surface area contributed by atoms with Crippen molar-refractivity contribution in [1.82, 2.24) is 4.72 Å². The van der Waals surface area contributed by atoms with Crippen molar-refractivity contribution in [2.75, 3.05) is 7.11 Å². The van der Waals surface area contributed by atoms with Crippen molar-refractivity contribution < 1.29 is 13.2 Å². The van der Waals surface area contributed by atoms with Gasteiger partial charge in [-0.25, -0.2) is 13.1 Å². The first-order chi connectivity index (χ1) is 9.92. The molecular formula is C14H13Cl2NO3S. The lowest BCUT2D eigenvalue weighted by Gasteiger charge is -2.09. The van der Waals surface area contributed by atoms with Gasteiger partial charge in [0, 0.05) is 16.6 Å². The van der Waals surface area contributed by atoms with Gasteiger partial charge in [0.25, 0.3) is 0 Å². The van der Waals surface area contributed by atoms with E-state index in [1.807, 2.05) is 0 Å². The van der Waals surface area contributed by atoms with E-state index in [2.05, 4.69) is 4.72 Å². The van der Waals surface area contributed by atoms with Crippen molar-refractivity contribution in [3.63, 3.8) is 0 Å². The van der Waals surface area contributed by atoms with Gasteiger partial charge in [-0.3, -0.25) is 0 Å². The van der Waals surface area contributed by atoms with Crippen LogP contribution < -0.4 is 9.46 Å². The van der Waals surface area contributed by atoms with E-state index in [1.54, 1.807) is 30.3 Å². The van der Waals surface area contributed by atoms with E-state index < -0.39 is 10.0 Å². The van der Waals surface area contributed by atoms with Gasteiger partial charge in [0.2, 0.25) is 10.0 Å². The second-order valence-corrected chi connectivity index (χ2v) is 6.85. The molecule has 0 aromatic heterocycles. The van der Waals surface area contributed by atoms with Crippen LogP contribution >= 0.6 is 23.2 Å². The lowest BCUT2D eigenvalue weighted by molar-refractivity contribution is 0.414. The SMILES string of the molecule is COc1ccc(S(=O)(=O)NCc2ccc(Cl)cc2Cl)cc1. The van der Waals surface area contributed by atoms with Crippen LogP contribution in [0.2, 0.25) is 10.0 Å². The summed E-state index contributed by atoms with van der Waals surface area (Å²) in [7, 11) is -2.09. The molecule has 4 nitrogen and oxygen atoms in total. The molecule has 0 bridgehead atoms. The Hall–Kier alpha value is -1.27. The Morgan fingerprint density at radius 3 is 2.33 bits per heavy atom. The minimum atomic E-state index is -3.61. The first-order valence-electron chi connectivity index (χ1n) is 6.00. The number of ether oxygens (including phenoxy) is 1. The molecule has 21 heavy (non-hydrogen) atoms. The van der Waals surface area contributed by atoms with Crippen LogP contribution in [0.25, 0.3) is 0 Å². The van der Waals surface area contributed by atoms with Gasteiger partial charge in [0.15, 0.2) is 0 Å². The monoisotopic (exact) mass is 345 g/mol. The third kappa shape index (κ3) is 4.11. The highest BCUT2D eigenvalue weighted by Crippen LogP contribution is 2.21. The third-order valence-corrected chi connectivity index (χ3v) is 4.84. The van der Waals surface area contributed by atoms with Crippen LogP contribution in [0.3, 0.4) is 0 Å². The number of sulfonamides is 1. The average Bonchev–Trinajstić information content (AvgIpc) is 2.46. The molecule has 0 heterocycles. The van der Waals surface area contributed by atoms with E-state index in [0.717, 1.165) is 0 Å². The van der Waals surface area contributed by atoms with E-state index in [0.29, 0.717) is 21.4 Å². The van der Waals surface area contributed by atoms with Crippen LogP contribution in [0, 0.1) is 0 Å². The Morgan fingerprint density at radius 1 is 1.10 bits per heavy atom. The van der Waals surface area contributed by atoms with E-state index in [9.17, 15) is 8.42 Å². The number of benzene rings is 2. The zero-order valence-electron chi connectivity index (χ0n) is 11.1. The predicted octanol–water partition coefficient (Wildman–Crippen LogP) is 3.48. The predicted molar refractivity (Wildman–Crippen MR) is 83.5 cm³/mol. The van der Waals surface area contributed by atoms with Crippen molar-refractivity contribution in [3.8, 4) is 5.75 Å². The summed E-state index contributed by atoms with van der Waals surface area (Å²) < 4.78 is 31.8. The first-order valence-corrected chi connectivity index (χ1v) is 8.24. The standard InChI is InChI=1S/C14H13Cl2NO3S/c1-20-12-4-6-13(7-5-12)21(18,19)17-9-10-2-3-11(15)8-14(10)16/h2-8,17H,9H2,1H3. The van der Waals surface area contributed by atoms with Crippen LogP contribution in [-0.2, 0) is 16.6 Å². The van der Waals surface area contributed by atoms with E-state index >= 15 is 0 Å². The fraction of sp³-hybridized carbons (Fsp3) is 0.143. The summed E-state index contributed by atoms with van der Waals surface area (Å²) in [4.78, 5) is 0.161. The van der Waals surface area contributed by atoms with Crippen LogP contribution in [0.1, 0.15) is 5.56 Å². The van der Waals surface area contributed by atoms with Gasteiger partial charge in [-0.05, 0) is 42.0 Å². The van der Waals surface area contributed by atoms with Crippen molar-refractivity contribution in [2.45, 2.75) is 11.4 Å². The molecule has 0 fully saturated rings. The maximum absolute atomic E-state index is 12.2. The summed E-state index contributed by atoms with van der Waals surface area (Å²) in [5, 5.41) is 0.918. The van der Waals surface area contributed by atoms with Crippen LogP contribution in [0.4, 0.5) is 0 Å². The molecule has 0 radical (unpaired) electrons. The number of hydrogen-bond donors (Lipinski definition) is 1. The second-order valence-electron chi connectivity index (χ2n) is 4.24. The third-order valence-electron chi connectivity index (χ3n) is 2.84. The average molecular weight is 346 g/mol. The molecule has 0 unspecified atom stereocenters. The number of hydrogen-bond acceptors (Lipinski definition) is 3. The summed E-state index contributed by atoms with van der Waals surface area (Å²) in [6.45, 7) is 0.0877. The van der Waals surface area contributed by atoms with Gasteiger partial charge < -0.3 is 4.74 Å².